The standard InChI is InChI=1S/C17H19NO2/c1-2-13-8-9-14(10-11-18)16(13)12-17(19)20-15-6-4-3-5-7-15/h3-7,9,13-14,16H,1-2,8,10,12H2. The van der Waals surface area contributed by atoms with E-state index >= 15 is 0 Å². The highest BCUT2D eigenvalue weighted by Gasteiger charge is 2.36. The number of carbonyl (C=O) groups excluding carboxylic acids is 1. The second kappa shape index (κ2) is 7.09. The van der Waals surface area contributed by atoms with Gasteiger partial charge in [-0.1, -0.05) is 31.5 Å². The fraction of sp³-hybridized carbons (Fsp3) is 0.412. The molecule has 20 heavy (non-hydrogen) atoms. The van der Waals surface area contributed by atoms with Crippen molar-refractivity contribution in [2.24, 2.45) is 17.8 Å². The maximum atomic E-state index is 12.0. The summed E-state index contributed by atoms with van der Waals surface area (Å²) in [5, 5.41) is 8.87. The molecule has 0 spiro atoms. The summed E-state index contributed by atoms with van der Waals surface area (Å²) in [7, 11) is 0. The van der Waals surface area contributed by atoms with Crippen molar-refractivity contribution in [3.05, 3.63) is 43.7 Å². The topological polar surface area (TPSA) is 50.1 Å². The Balaban J connectivity index is 1.95. The van der Waals surface area contributed by atoms with Gasteiger partial charge in [-0.2, -0.15) is 5.26 Å². The minimum absolute atomic E-state index is 0.184. The van der Waals surface area contributed by atoms with E-state index in [9.17, 15) is 4.79 Å². The predicted octanol–water partition coefficient (Wildman–Crippen LogP) is 3.58. The minimum atomic E-state index is -0.224. The predicted molar refractivity (Wildman–Crippen MR) is 76.3 cm³/mol. The molecule has 0 amide bonds. The SMILES string of the molecule is [CH2]CC1C[CH]C(CC#N)C1CC(=O)Oc1ccccc1. The first kappa shape index (κ1) is 14.6. The van der Waals surface area contributed by atoms with Crippen LogP contribution < -0.4 is 4.74 Å². The molecule has 1 aromatic carbocycles. The van der Waals surface area contributed by atoms with Gasteiger partial charge >= 0.3 is 5.97 Å². The number of hydrogen-bond acceptors (Lipinski definition) is 3. The van der Waals surface area contributed by atoms with Crippen LogP contribution in [0.25, 0.3) is 0 Å². The van der Waals surface area contributed by atoms with E-state index in [1.807, 2.05) is 18.2 Å². The van der Waals surface area contributed by atoms with Crippen molar-refractivity contribution in [3.8, 4) is 11.8 Å². The molecule has 1 saturated carbocycles. The zero-order chi connectivity index (χ0) is 14.4. The number of rotatable bonds is 5. The molecule has 0 aromatic heterocycles. The highest BCUT2D eigenvalue weighted by atomic mass is 16.5. The number of para-hydroxylation sites is 1. The molecular weight excluding hydrogens is 250 g/mol. The number of hydrogen-bond donors (Lipinski definition) is 0. The lowest BCUT2D eigenvalue weighted by molar-refractivity contribution is -0.136. The summed E-state index contributed by atoms with van der Waals surface area (Å²) in [6.07, 6.45) is 4.73. The van der Waals surface area contributed by atoms with Gasteiger partial charge in [-0.3, -0.25) is 4.79 Å². The first-order valence-electron chi connectivity index (χ1n) is 7.00. The van der Waals surface area contributed by atoms with Crippen molar-refractivity contribution in [3.63, 3.8) is 0 Å². The molecule has 3 atom stereocenters. The lowest BCUT2D eigenvalue weighted by atomic mass is 9.84. The lowest BCUT2D eigenvalue weighted by Crippen LogP contribution is -2.21. The molecule has 104 valence electrons. The summed E-state index contributed by atoms with van der Waals surface area (Å²) < 4.78 is 5.34. The smallest absolute Gasteiger partial charge is 0.311 e. The molecule has 1 aromatic rings. The molecule has 3 unspecified atom stereocenters. The van der Waals surface area contributed by atoms with Gasteiger partial charge in [0.05, 0.1) is 6.07 Å². The fourth-order valence-electron chi connectivity index (χ4n) is 2.89. The van der Waals surface area contributed by atoms with Gasteiger partial charge in [-0.15, -0.1) is 0 Å². The quantitative estimate of drug-likeness (QED) is 0.606. The van der Waals surface area contributed by atoms with Crippen molar-refractivity contribution in [2.45, 2.75) is 25.7 Å². The van der Waals surface area contributed by atoms with Crippen molar-refractivity contribution < 1.29 is 9.53 Å². The van der Waals surface area contributed by atoms with E-state index in [-0.39, 0.29) is 17.8 Å². The number of nitriles is 1. The number of esters is 1. The van der Waals surface area contributed by atoms with Gasteiger partial charge in [0, 0.05) is 12.8 Å². The zero-order valence-corrected chi connectivity index (χ0v) is 11.5. The largest absolute Gasteiger partial charge is 0.427 e. The van der Waals surface area contributed by atoms with Crippen LogP contribution in [0.3, 0.4) is 0 Å². The summed E-state index contributed by atoms with van der Waals surface area (Å²) in [6.45, 7) is 3.95. The third-order valence-corrected chi connectivity index (χ3v) is 3.97. The second-order valence-corrected chi connectivity index (χ2v) is 5.20. The average Bonchev–Trinajstić information content (AvgIpc) is 2.82. The van der Waals surface area contributed by atoms with Gasteiger partial charge in [-0.25, -0.2) is 0 Å². The highest BCUT2D eigenvalue weighted by Crippen LogP contribution is 2.42. The molecule has 0 heterocycles. The average molecular weight is 269 g/mol. The summed E-state index contributed by atoms with van der Waals surface area (Å²) >= 11 is 0. The van der Waals surface area contributed by atoms with E-state index in [2.05, 4.69) is 19.4 Å². The first-order chi connectivity index (χ1) is 9.74. The van der Waals surface area contributed by atoms with Gasteiger partial charge < -0.3 is 4.74 Å². The van der Waals surface area contributed by atoms with Crippen LogP contribution in [0.4, 0.5) is 0 Å². The molecule has 1 aliphatic carbocycles. The molecule has 3 heteroatoms. The number of ether oxygens (including phenoxy) is 1. The van der Waals surface area contributed by atoms with E-state index in [0.29, 0.717) is 24.5 Å². The third-order valence-electron chi connectivity index (χ3n) is 3.97. The molecule has 1 fully saturated rings. The van der Waals surface area contributed by atoms with Crippen molar-refractivity contribution >= 4 is 5.97 Å². The van der Waals surface area contributed by atoms with Crippen molar-refractivity contribution in [1.29, 1.82) is 5.26 Å². The Labute approximate surface area is 120 Å². The molecule has 0 N–H and O–H groups in total. The Kier molecular flexibility index (Phi) is 5.17. The van der Waals surface area contributed by atoms with Gasteiger partial charge in [0.15, 0.2) is 0 Å². The van der Waals surface area contributed by atoms with Crippen molar-refractivity contribution in [2.75, 3.05) is 0 Å². The first-order valence-corrected chi connectivity index (χ1v) is 7.00. The van der Waals surface area contributed by atoms with Crippen LogP contribution in [-0.4, -0.2) is 5.97 Å². The molecule has 0 bridgehead atoms. The van der Waals surface area contributed by atoms with Crippen LogP contribution in [0.2, 0.25) is 0 Å². The van der Waals surface area contributed by atoms with Crippen LogP contribution in [0.5, 0.6) is 5.75 Å². The molecule has 0 saturated heterocycles. The molecule has 3 nitrogen and oxygen atoms in total. The Morgan fingerprint density at radius 3 is 2.80 bits per heavy atom. The number of benzene rings is 1. The Morgan fingerprint density at radius 1 is 1.40 bits per heavy atom. The zero-order valence-electron chi connectivity index (χ0n) is 11.5. The summed E-state index contributed by atoms with van der Waals surface area (Å²) in [6, 6.07) is 11.3. The van der Waals surface area contributed by atoms with E-state index in [0.717, 1.165) is 12.8 Å². The van der Waals surface area contributed by atoms with Crippen LogP contribution >= 0.6 is 0 Å². The van der Waals surface area contributed by atoms with Crippen LogP contribution in [-0.2, 0) is 4.79 Å². The van der Waals surface area contributed by atoms with Gasteiger partial charge in [0.1, 0.15) is 5.75 Å². The lowest BCUT2D eigenvalue weighted by Gasteiger charge is -2.21. The van der Waals surface area contributed by atoms with E-state index in [4.69, 9.17) is 10.00 Å². The van der Waals surface area contributed by atoms with Gasteiger partial charge in [0.25, 0.3) is 0 Å². The monoisotopic (exact) mass is 269 g/mol. The minimum Gasteiger partial charge on any atom is -0.427 e. The Bertz CT molecular complexity index is 478. The highest BCUT2D eigenvalue weighted by molar-refractivity contribution is 5.72. The van der Waals surface area contributed by atoms with Crippen LogP contribution in [0.15, 0.2) is 30.3 Å². The van der Waals surface area contributed by atoms with E-state index in [1.165, 1.54) is 0 Å². The molecule has 1 aliphatic rings. The number of nitrogens with zero attached hydrogens (tertiary/aromatic N) is 1. The van der Waals surface area contributed by atoms with Crippen LogP contribution in [0, 0.1) is 42.4 Å². The van der Waals surface area contributed by atoms with Gasteiger partial charge in [-0.05, 0) is 42.7 Å². The summed E-state index contributed by atoms with van der Waals surface area (Å²) in [4.78, 5) is 12.0. The summed E-state index contributed by atoms with van der Waals surface area (Å²) in [5.41, 5.74) is 0. The molecule has 2 rings (SSSR count). The van der Waals surface area contributed by atoms with E-state index in [1.54, 1.807) is 12.1 Å². The maximum Gasteiger partial charge on any atom is 0.311 e. The Hall–Kier alpha value is -1.82. The molecule has 0 aliphatic heterocycles. The Morgan fingerprint density at radius 2 is 2.15 bits per heavy atom. The molecular formula is C17H19NO2. The number of carbonyl (C=O) groups is 1. The fourth-order valence-corrected chi connectivity index (χ4v) is 2.89. The molecule has 2 radical (unpaired) electrons. The maximum absolute atomic E-state index is 12.0. The van der Waals surface area contributed by atoms with Gasteiger partial charge in [0.2, 0.25) is 0 Å². The second-order valence-electron chi connectivity index (χ2n) is 5.20. The third kappa shape index (κ3) is 3.60. The van der Waals surface area contributed by atoms with E-state index < -0.39 is 0 Å². The normalized spacial score (nSPS) is 25.1. The summed E-state index contributed by atoms with van der Waals surface area (Å²) in [5.74, 6) is 1.11. The van der Waals surface area contributed by atoms with Crippen LogP contribution in [0.1, 0.15) is 25.7 Å². The van der Waals surface area contributed by atoms with Crippen molar-refractivity contribution in [1.82, 2.24) is 0 Å².